The lowest BCUT2D eigenvalue weighted by atomic mass is 9.89. The van der Waals surface area contributed by atoms with Gasteiger partial charge in [0.2, 0.25) is 0 Å². The number of aliphatic hydroxyl groups excluding tert-OH is 2. The van der Waals surface area contributed by atoms with Crippen LogP contribution in [0.2, 0.25) is 0 Å². The lowest BCUT2D eigenvalue weighted by Gasteiger charge is -2.20. The van der Waals surface area contributed by atoms with Gasteiger partial charge in [-0.25, -0.2) is 0 Å². The van der Waals surface area contributed by atoms with Crippen LogP contribution in [0.3, 0.4) is 0 Å². The lowest BCUT2D eigenvalue weighted by molar-refractivity contribution is -0.0162. The van der Waals surface area contributed by atoms with E-state index in [2.05, 4.69) is 0 Å². The highest BCUT2D eigenvalue weighted by Crippen LogP contribution is 2.40. The smallest absolute Gasteiger partial charge is 0.0633 e. The molecular weight excluding hydrogens is 156 g/mol. The molecule has 2 aliphatic rings. The SMILES string of the molecule is OCC1C2CCCC(O2)C1CO. The maximum atomic E-state index is 9.12. The topological polar surface area (TPSA) is 49.7 Å². The van der Waals surface area contributed by atoms with Crippen molar-refractivity contribution in [3.8, 4) is 0 Å². The van der Waals surface area contributed by atoms with Crippen molar-refractivity contribution in [3.63, 3.8) is 0 Å². The Hall–Kier alpha value is -0.120. The van der Waals surface area contributed by atoms with Gasteiger partial charge in [-0.1, -0.05) is 0 Å². The van der Waals surface area contributed by atoms with Gasteiger partial charge < -0.3 is 14.9 Å². The van der Waals surface area contributed by atoms with Gasteiger partial charge in [-0.15, -0.1) is 0 Å². The zero-order valence-electron chi connectivity index (χ0n) is 7.15. The molecule has 2 fully saturated rings. The molecule has 2 bridgehead atoms. The van der Waals surface area contributed by atoms with Gasteiger partial charge in [-0.05, 0) is 19.3 Å². The van der Waals surface area contributed by atoms with E-state index in [9.17, 15) is 0 Å². The molecule has 0 radical (unpaired) electrons. The zero-order valence-corrected chi connectivity index (χ0v) is 7.15. The summed E-state index contributed by atoms with van der Waals surface area (Å²) in [6, 6.07) is 0. The van der Waals surface area contributed by atoms with Crippen LogP contribution in [-0.4, -0.2) is 35.6 Å². The summed E-state index contributed by atoms with van der Waals surface area (Å²) in [4.78, 5) is 0. The monoisotopic (exact) mass is 172 g/mol. The Morgan fingerprint density at radius 1 is 1.00 bits per heavy atom. The van der Waals surface area contributed by atoms with Crippen molar-refractivity contribution in [2.24, 2.45) is 11.8 Å². The molecule has 2 aliphatic heterocycles. The van der Waals surface area contributed by atoms with Crippen molar-refractivity contribution in [1.29, 1.82) is 0 Å². The van der Waals surface area contributed by atoms with Crippen molar-refractivity contribution in [2.45, 2.75) is 31.5 Å². The first-order chi connectivity index (χ1) is 5.86. The molecule has 70 valence electrons. The van der Waals surface area contributed by atoms with Crippen LogP contribution in [0.25, 0.3) is 0 Å². The molecule has 0 aromatic heterocycles. The highest BCUT2D eigenvalue weighted by molar-refractivity contribution is 4.92. The lowest BCUT2D eigenvalue weighted by Crippen LogP contribution is -2.26. The Balaban J connectivity index is 2.10. The Kier molecular flexibility index (Phi) is 2.35. The summed E-state index contributed by atoms with van der Waals surface area (Å²) in [5.74, 6) is 0.366. The molecule has 4 unspecified atom stereocenters. The molecule has 3 heteroatoms. The largest absolute Gasteiger partial charge is 0.396 e. The number of rotatable bonds is 2. The maximum Gasteiger partial charge on any atom is 0.0633 e. The number of ether oxygens (including phenoxy) is 1. The van der Waals surface area contributed by atoms with E-state index < -0.39 is 0 Å². The molecule has 2 heterocycles. The van der Waals surface area contributed by atoms with Gasteiger partial charge in [0.05, 0.1) is 12.2 Å². The van der Waals surface area contributed by atoms with E-state index in [-0.39, 0.29) is 37.3 Å². The van der Waals surface area contributed by atoms with Crippen molar-refractivity contribution in [2.75, 3.05) is 13.2 Å². The van der Waals surface area contributed by atoms with Gasteiger partial charge in [0, 0.05) is 25.0 Å². The Labute approximate surface area is 72.3 Å². The second-order valence-electron chi connectivity index (χ2n) is 3.84. The van der Waals surface area contributed by atoms with Crippen LogP contribution >= 0.6 is 0 Å². The van der Waals surface area contributed by atoms with Gasteiger partial charge in [-0.2, -0.15) is 0 Å². The molecule has 0 aromatic rings. The summed E-state index contributed by atoms with van der Waals surface area (Å²) >= 11 is 0. The molecule has 0 saturated carbocycles. The van der Waals surface area contributed by atoms with Crippen LogP contribution < -0.4 is 0 Å². The van der Waals surface area contributed by atoms with Crippen molar-refractivity contribution < 1.29 is 14.9 Å². The highest BCUT2D eigenvalue weighted by Gasteiger charge is 2.45. The first kappa shape index (κ1) is 8.48. The second-order valence-corrected chi connectivity index (χ2v) is 3.84. The van der Waals surface area contributed by atoms with Crippen LogP contribution in [0.4, 0.5) is 0 Å². The maximum absolute atomic E-state index is 9.12. The molecule has 4 atom stereocenters. The fourth-order valence-electron chi connectivity index (χ4n) is 2.57. The third-order valence-corrected chi connectivity index (χ3v) is 3.25. The van der Waals surface area contributed by atoms with Gasteiger partial charge in [0.15, 0.2) is 0 Å². The fourth-order valence-corrected chi connectivity index (χ4v) is 2.57. The van der Waals surface area contributed by atoms with E-state index in [0.717, 1.165) is 12.8 Å². The number of fused-ring (bicyclic) bond motifs is 2. The molecule has 2 saturated heterocycles. The average molecular weight is 172 g/mol. The van der Waals surface area contributed by atoms with Gasteiger partial charge >= 0.3 is 0 Å². The van der Waals surface area contributed by atoms with Crippen molar-refractivity contribution >= 4 is 0 Å². The first-order valence-corrected chi connectivity index (χ1v) is 4.74. The minimum Gasteiger partial charge on any atom is -0.396 e. The number of aliphatic hydroxyl groups is 2. The molecule has 0 aromatic carbocycles. The number of hydrogen-bond acceptors (Lipinski definition) is 3. The molecule has 0 spiro atoms. The molecule has 12 heavy (non-hydrogen) atoms. The minimum atomic E-state index is 0.159. The van der Waals surface area contributed by atoms with Crippen LogP contribution in [-0.2, 0) is 4.74 Å². The van der Waals surface area contributed by atoms with Crippen LogP contribution in [0.5, 0.6) is 0 Å². The third kappa shape index (κ3) is 1.16. The van der Waals surface area contributed by atoms with Gasteiger partial charge in [-0.3, -0.25) is 0 Å². The molecule has 2 N–H and O–H groups in total. The van der Waals surface area contributed by atoms with E-state index in [4.69, 9.17) is 14.9 Å². The van der Waals surface area contributed by atoms with E-state index in [1.54, 1.807) is 0 Å². The first-order valence-electron chi connectivity index (χ1n) is 4.74. The van der Waals surface area contributed by atoms with E-state index in [1.165, 1.54) is 6.42 Å². The predicted octanol–water partition coefficient (Wildman–Crippen LogP) is 0.155. The summed E-state index contributed by atoms with van der Waals surface area (Å²) in [7, 11) is 0. The Morgan fingerprint density at radius 2 is 1.50 bits per heavy atom. The molecule has 0 aliphatic carbocycles. The van der Waals surface area contributed by atoms with Crippen LogP contribution in [0, 0.1) is 11.8 Å². The summed E-state index contributed by atoms with van der Waals surface area (Å²) in [6.45, 7) is 0.318. The predicted molar refractivity (Wildman–Crippen MR) is 43.7 cm³/mol. The summed E-state index contributed by atoms with van der Waals surface area (Å²) in [6.07, 6.45) is 3.72. The Bertz CT molecular complexity index is 144. The molecular formula is C9H16O3. The molecule has 3 nitrogen and oxygen atoms in total. The van der Waals surface area contributed by atoms with Gasteiger partial charge in [0.1, 0.15) is 0 Å². The Morgan fingerprint density at radius 3 is 1.92 bits per heavy atom. The average Bonchev–Trinajstić information content (AvgIpc) is 2.36. The van der Waals surface area contributed by atoms with E-state index in [0.29, 0.717) is 0 Å². The quantitative estimate of drug-likeness (QED) is 0.623. The van der Waals surface area contributed by atoms with Gasteiger partial charge in [0.25, 0.3) is 0 Å². The van der Waals surface area contributed by atoms with Crippen molar-refractivity contribution in [3.05, 3.63) is 0 Å². The number of hydrogen-bond donors (Lipinski definition) is 2. The highest BCUT2D eigenvalue weighted by atomic mass is 16.5. The summed E-state index contributed by atoms with van der Waals surface area (Å²) in [5.41, 5.74) is 0. The molecule has 2 rings (SSSR count). The standard InChI is InChI=1S/C9H16O3/c10-4-6-7(5-11)9-3-1-2-8(6)12-9/h6-11H,1-5H2. The summed E-state index contributed by atoms with van der Waals surface area (Å²) < 4.78 is 5.68. The summed E-state index contributed by atoms with van der Waals surface area (Å²) in [5, 5.41) is 18.2. The van der Waals surface area contributed by atoms with E-state index >= 15 is 0 Å². The minimum absolute atomic E-state index is 0.159. The van der Waals surface area contributed by atoms with Crippen LogP contribution in [0.1, 0.15) is 19.3 Å². The van der Waals surface area contributed by atoms with Crippen molar-refractivity contribution in [1.82, 2.24) is 0 Å². The third-order valence-electron chi connectivity index (χ3n) is 3.25. The van der Waals surface area contributed by atoms with Crippen LogP contribution in [0.15, 0.2) is 0 Å². The normalized spacial score (nSPS) is 46.5. The fraction of sp³-hybridized carbons (Fsp3) is 1.00. The molecule has 0 amide bonds. The second kappa shape index (κ2) is 3.32. The van der Waals surface area contributed by atoms with E-state index in [1.807, 2.05) is 0 Å². The zero-order chi connectivity index (χ0) is 8.55.